The Balaban J connectivity index is 1.76. The normalized spacial score (nSPS) is 11.8. The number of ketones is 1. The van der Waals surface area contributed by atoms with Gasteiger partial charge in [0.25, 0.3) is 0 Å². The van der Waals surface area contributed by atoms with Crippen LogP contribution in [-0.4, -0.2) is 24.1 Å². The van der Waals surface area contributed by atoms with Crippen LogP contribution in [0, 0.1) is 22.7 Å². The molecule has 130 valence electrons. The van der Waals surface area contributed by atoms with Gasteiger partial charge in [-0.05, 0) is 23.8 Å². The van der Waals surface area contributed by atoms with Gasteiger partial charge in [0.15, 0.2) is 12.4 Å². The minimum absolute atomic E-state index is 0.0465. The van der Waals surface area contributed by atoms with Gasteiger partial charge in [0.05, 0.1) is 18.8 Å². The van der Waals surface area contributed by atoms with Crippen molar-refractivity contribution in [3.05, 3.63) is 48.2 Å². The molecule has 2 aromatic carbocycles. The largest absolute Gasteiger partial charge is 0.464 e. The Morgan fingerprint density at radius 1 is 1.27 bits per heavy atom. The Hall–Kier alpha value is -3.46. The van der Waals surface area contributed by atoms with E-state index in [1.54, 1.807) is 6.07 Å². The minimum atomic E-state index is -1.18. The number of benzene rings is 2. The molecule has 0 bridgehead atoms. The second-order valence-corrected chi connectivity index (χ2v) is 5.97. The summed E-state index contributed by atoms with van der Waals surface area (Å²) < 4.78 is 10.5. The second-order valence-electron chi connectivity index (χ2n) is 5.97. The van der Waals surface area contributed by atoms with Crippen molar-refractivity contribution in [3.8, 4) is 6.07 Å². The maximum Gasteiger partial charge on any atom is 0.310 e. The number of esters is 1. The summed E-state index contributed by atoms with van der Waals surface area (Å²) in [6.45, 7) is 0.847. The zero-order valence-electron chi connectivity index (χ0n) is 14.1. The zero-order chi connectivity index (χ0) is 18.7. The van der Waals surface area contributed by atoms with Crippen molar-refractivity contribution in [2.45, 2.75) is 13.3 Å². The third kappa shape index (κ3) is 3.33. The summed E-state index contributed by atoms with van der Waals surface area (Å²) in [5.41, 5.74) is 1.28. The first-order valence-corrected chi connectivity index (χ1v) is 8.02. The van der Waals surface area contributed by atoms with E-state index in [2.05, 4.69) is 0 Å². The van der Waals surface area contributed by atoms with Crippen LogP contribution in [0.2, 0.25) is 0 Å². The molecule has 0 spiro atoms. The van der Waals surface area contributed by atoms with Crippen LogP contribution in [0.3, 0.4) is 0 Å². The van der Waals surface area contributed by atoms with Crippen molar-refractivity contribution in [1.82, 2.24) is 0 Å². The minimum Gasteiger partial charge on any atom is -0.464 e. The van der Waals surface area contributed by atoms with Gasteiger partial charge in [-0.15, -0.1) is 0 Å². The van der Waals surface area contributed by atoms with Gasteiger partial charge >= 0.3 is 5.97 Å². The summed E-state index contributed by atoms with van der Waals surface area (Å²) in [6, 6.07) is 13.3. The van der Waals surface area contributed by atoms with E-state index < -0.39 is 24.3 Å². The van der Waals surface area contributed by atoms with Gasteiger partial charge in [0.1, 0.15) is 11.5 Å². The fourth-order valence-electron chi connectivity index (χ4n) is 2.86. The predicted molar refractivity (Wildman–Crippen MR) is 95.9 cm³/mol. The molecule has 0 amide bonds. The van der Waals surface area contributed by atoms with Crippen LogP contribution in [0.15, 0.2) is 47.1 Å². The van der Waals surface area contributed by atoms with Crippen molar-refractivity contribution in [1.29, 1.82) is 10.7 Å². The molecule has 0 saturated carbocycles. The SMILES string of the molecule is CC(=N)C(C#N)C(=O)COC(=O)Cc1coc2ccc3ccccc3c12. The number of ether oxygens (including phenoxy) is 1. The van der Waals surface area contributed by atoms with Crippen LogP contribution in [0.1, 0.15) is 12.5 Å². The summed E-state index contributed by atoms with van der Waals surface area (Å²) in [5, 5.41) is 19.1. The van der Waals surface area contributed by atoms with Crippen molar-refractivity contribution in [2.24, 2.45) is 5.92 Å². The third-order valence-electron chi connectivity index (χ3n) is 4.13. The monoisotopic (exact) mass is 348 g/mol. The summed E-state index contributed by atoms with van der Waals surface area (Å²) in [4.78, 5) is 24.0. The van der Waals surface area contributed by atoms with Crippen LogP contribution in [0.5, 0.6) is 0 Å². The molecule has 0 saturated heterocycles. The quantitative estimate of drug-likeness (QED) is 0.543. The van der Waals surface area contributed by atoms with E-state index in [-0.39, 0.29) is 12.1 Å². The maximum atomic E-state index is 12.1. The van der Waals surface area contributed by atoms with Gasteiger partial charge in [-0.1, -0.05) is 30.3 Å². The number of Topliss-reactive ketones (excluding diaryl/α,β-unsaturated/α-hetero) is 1. The standard InChI is InChI=1S/C20H16N2O4/c1-12(22)16(9-21)17(23)11-26-19(24)8-14-10-25-18-7-6-13-4-2-3-5-15(13)20(14)18/h2-7,10,16,22H,8,11H2,1H3. The highest BCUT2D eigenvalue weighted by atomic mass is 16.5. The van der Waals surface area contributed by atoms with E-state index in [1.165, 1.54) is 13.2 Å². The number of furan rings is 1. The summed E-state index contributed by atoms with van der Waals surface area (Å²) >= 11 is 0. The van der Waals surface area contributed by atoms with Gasteiger partial charge < -0.3 is 14.6 Å². The molecule has 1 atom stereocenters. The predicted octanol–water partition coefficient (Wildman–Crippen LogP) is 3.42. The topological polar surface area (TPSA) is 104 Å². The summed E-state index contributed by atoms with van der Waals surface area (Å²) in [6.07, 6.45) is 1.47. The molecular formula is C20H16N2O4. The maximum absolute atomic E-state index is 12.1. The van der Waals surface area contributed by atoms with Crippen molar-refractivity contribution in [3.63, 3.8) is 0 Å². The molecule has 0 fully saturated rings. The van der Waals surface area contributed by atoms with E-state index in [1.807, 2.05) is 36.4 Å². The fourth-order valence-corrected chi connectivity index (χ4v) is 2.86. The number of carbonyl (C=O) groups is 2. The molecule has 3 rings (SSSR count). The number of hydrogen-bond donors (Lipinski definition) is 1. The zero-order valence-corrected chi connectivity index (χ0v) is 14.1. The molecule has 0 radical (unpaired) electrons. The van der Waals surface area contributed by atoms with E-state index in [4.69, 9.17) is 19.8 Å². The lowest BCUT2D eigenvalue weighted by molar-refractivity contribution is -0.147. The first kappa shape index (κ1) is 17.4. The fraction of sp³-hybridized carbons (Fsp3) is 0.200. The van der Waals surface area contributed by atoms with Crippen LogP contribution < -0.4 is 0 Å². The van der Waals surface area contributed by atoms with Gasteiger partial charge in [-0.2, -0.15) is 5.26 Å². The number of rotatable bonds is 6. The van der Waals surface area contributed by atoms with Gasteiger partial charge in [-0.25, -0.2) is 0 Å². The summed E-state index contributed by atoms with van der Waals surface area (Å²) in [7, 11) is 0. The van der Waals surface area contributed by atoms with E-state index in [9.17, 15) is 9.59 Å². The first-order valence-electron chi connectivity index (χ1n) is 8.02. The van der Waals surface area contributed by atoms with Crippen LogP contribution >= 0.6 is 0 Å². The number of nitrogens with one attached hydrogen (secondary N) is 1. The Labute approximate surface area is 149 Å². The lowest BCUT2D eigenvalue weighted by Gasteiger charge is -2.07. The first-order chi connectivity index (χ1) is 12.5. The Kier molecular flexibility index (Phi) is 4.81. The Bertz CT molecular complexity index is 1060. The average Bonchev–Trinajstić information content (AvgIpc) is 3.03. The van der Waals surface area contributed by atoms with Crippen molar-refractivity contribution < 1.29 is 18.7 Å². The molecule has 1 aromatic heterocycles. The molecule has 0 aliphatic carbocycles. The second kappa shape index (κ2) is 7.19. The molecule has 6 nitrogen and oxygen atoms in total. The number of nitrogens with zero attached hydrogens (tertiary/aromatic N) is 1. The lowest BCUT2D eigenvalue weighted by Crippen LogP contribution is -2.25. The average molecular weight is 348 g/mol. The number of fused-ring (bicyclic) bond motifs is 3. The highest BCUT2D eigenvalue weighted by Gasteiger charge is 2.22. The van der Waals surface area contributed by atoms with Crippen LogP contribution in [-0.2, 0) is 20.7 Å². The van der Waals surface area contributed by atoms with Crippen LogP contribution in [0.25, 0.3) is 21.7 Å². The number of carbonyl (C=O) groups excluding carboxylic acids is 2. The molecule has 1 unspecified atom stereocenters. The van der Waals surface area contributed by atoms with E-state index >= 15 is 0 Å². The highest BCUT2D eigenvalue weighted by Crippen LogP contribution is 2.30. The van der Waals surface area contributed by atoms with Crippen LogP contribution in [0.4, 0.5) is 0 Å². The van der Waals surface area contributed by atoms with Crippen molar-refractivity contribution >= 4 is 39.2 Å². The molecule has 0 aliphatic heterocycles. The molecule has 6 heteroatoms. The van der Waals surface area contributed by atoms with E-state index in [0.717, 1.165) is 16.2 Å². The molecular weight excluding hydrogens is 332 g/mol. The van der Waals surface area contributed by atoms with E-state index in [0.29, 0.717) is 11.1 Å². The highest BCUT2D eigenvalue weighted by molar-refractivity contribution is 6.08. The number of nitriles is 1. The molecule has 1 N–H and O–H groups in total. The molecule has 0 aliphatic rings. The smallest absolute Gasteiger partial charge is 0.310 e. The molecule has 1 heterocycles. The van der Waals surface area contributed by atoms with Gasteiger partial charge in [-0.3, -0.25) is 9.59 Å². The van der Waals surface area contributed by atoms with Crippen molar-refractivity contribution in [2.75, 3.05) is 6.61 Å². The summed E-state index contributed by atoms with van der Waals surface area (Å²) in [5.74, 6) is -2.37. The third-order valence-corrected chi connectivity index (χ3v) is 4.13. The molecule has 26 heavy (non-hydrogen) atoms. The van der Waals surface area contributed by atoms with Gasteiger partial charge in [0.2, 0.25) is 0 Å². The van der Waals surface area contributed by atoms with Gasteiger partial charge in [0, 0.05) is 16.7 Å². The number of hydrogen-bond acceptors (Lipinski definition) is 6. The molecule has 3 aromatic rings. The Morgan fingerprint density at radius 2 is 2.04 bits per heavy atom. The lowest BCUT2D eigenvalue weighted by atomic mass is 10.0. The Morgan fingerprint density at radius 3 is 2.77 bits per heavy atom.